The minimum absolute atomic E-state index is 0.0144. The fourth-order valence-electron chi connectivity index (χ4n) is 3.09. The van der Waals surface area contributed by atoms with Crippen LogP contribution in [0.5, 0.6) is 5.75 Å². The van der Waals surface area contributed by atoms with Crippen LogP contribution in [0.2, 0.25) is 0 Å². The van der Waals surface area contributed by atoms with E-state index in [0.717, 1.165) is 6.07 Å². The van der Waals surface area contributed by atoms with Crippen molar-refractivity contribution in [1.29, 1.82) is 0 Å². The van der Waals surface area contributed by atoms with Crippen LogP contribution in [0.15, 0.2) is 47.4 Å². The van der Waals surface area contributed by atoms with Gasteiger partial charge in [-0.05, 0) is 36.8 Å². The number of benzene rings is 2. The van der Waals surface area contributed by atoms with E-state index in [9.17, 15) is 26.4 Å². The zero-order valence-corrected chi connectivity index (χ0v) is 17.9. The topological polar surface area (TPSA) is 97.0 Å². The molecular weight excluding hydrogens is 451 g/mol. The van der Waals surface area contributed by atoms with Gasteiger partial charge in [0.15, 0.2) is 5.75 Å². The average molecular weight is 473 g/mol. The molecule has 0 spiro atoms. The fraction of sp³-hybridized carbons (Fsp3) is 0.350. The van der Waals surface area contributed by atoms with Crippen molar-refractivity contribution in [2.45, 2.75) is 18.2 Å². The van der Waals surface area contributed by atoms with E-state index >= 15 is 0 Å². The molecular formula is C20H22F3N3O5S. The number of carbonyl (C=O) groups excluding carboxylic acids is 1. The number of para-hydroxylation sites is 2. The molecule has 0 radical (unpaired) electrons. The first-order valence-corrected chi connectivity index (χ1v) is 11.1. The van der Waals surface area contributed by atoms with E-state index in [1.165, 1.54) is 28.6 Å². The SMILES string of the molecule is Cc1ccc(NC(=O)CNc2ccccc2OC(F)(F)F)cc1S(=O)(=O)N1CCOCC1. The molecule has 1 amide bonds. The largest absolute Gasteiger partial charge is 0.573 e. The molecule has 174 valence electrons. The Balaban J connectivity index is 1.68. The molecule has 0 atom stereocenters. The normalized spacial score (nSPS) is 15.2. The summed E-state index contributed by atoms with van der Waals surface area (Å²) < 4.78 is 73.9. The van der Waals surface area contributed by atoms with Crippen LogP contribution in [0.3, 0.4) is 0 Å². The molecule has 1 aliphatic heterocycles. The first kappa shape index (κ1) is 23.8. The summed E-state index contributed by atoms with van der Waals surface area (Å²) in [4.78, 5) is 12.4. The third kappa shape index (κ3) is 6.11. The molecule has 3 rings (SSSR count). The second-order valence-electron chi connectivity index (χ2n) is 6.94. The third-order valence-corrected chi connectivity index (χ3v) is 6.65. The molecule has 0 bridgehead atoms. The highest BCUT2D eigenvalue weighted by Gasteiger charge is 2.32. The van der Waals surface area contributed by atoms with Gasteiger partial charge in [0, 0.05) is 18.8 Å². The lowest BCUT2D eigenvalue weighted by molar-refractivity contribution is -0.274. The maximum absolute atomic E-state index is 12.9. The van der Waals surface area contributed by atoms with E-state index in [-0.39, 0.29) is 35.9 Å². The van der Waals surface area contributed by atoms with Gasteiger partial charge in [-0.1, -0.05) is 18.2 Å². The lowest BCUT2D eigenvalue weighted by Gasteiger charge is -2.26. The van der Waals surface area contributed by atoms with Crippen molar-refractivity contribution < 1.29 is 35.9 Å². The van der Waals surface area contributed by atoms with Gasteiger partial charge >= 0.3 is 6.36 Å². The summed E-state index contributed by atoms with van der Waals surface area (Å²) >= 11 is 0. The van der Waals surface area contributed by atoms with Gasteiger partial charge < -0.3 is 20.1 Å². The Bertz CT molecular complexity index is 1070. The summed E-state index contributed by atoms with van der Waals surface area (Å²) in [5.41, 5.74) is 0.749. The first-order valence-electron chi connectivity index (χ1n) is 9.63. The molecule has 32 heavy (non-hydrogen) atoms. The lowest BCUT2D eigenvalue weighted by atomic mass is 10.2. The van der Waals surface area contributed by atoms with Gasteiger partial charge in [-0.3, -0.25) is 4.79 Å². The number of morpholine rings is 1. The number of carbonyl (C=O) groups is 1. The van der Waals surface area contributed by atoms with Crippen LogP contribution in [0.1, 0.15) is 5.56 Å². The van der Waals surface area contributed by atoms with Gasteiger partial charge in [-0.25, -0.2) is 8.42 Å². The van der Waals surface area contributed by atoms with Crippen molar-refractivity contribution in [3.8, 4) is 5.75 Å². The molecule has 2 aromatic rings. The Morgan fingerprint density at radius 2 is 1.84 bits per heavy atom. The predicted octanol–water partition coefficient (Wildman–Crippen LogP) is 2.97. The van der Waals surface area contributed by atoms with Crippen LogP contribution < -0.4 is 15.4 Å². The van der Waals surface area contributed by atoms with Gasteiger partial charge in [0.1, 0.15) is 0 Å². The summed E-state index contributed by atoms with van der Waals surface area (Å²) in [5.74, 6) is -1.05. The maximum Gasteiger partial charge on any atom is 0.573 e. The number of hydrogen-bond acceptors (Lipinski definition) is 6. The number of halogens is 3. The van der Waals surface area contributed by atoms with E-state index in [0.29, 0.717) is 18.8 Å². The van der Waals surface area contributed by atoms with E-state index in [2.05, 4.69) is 15.4 Å². The van der Waals surface area contributed by atoms with Crippen LogP contribution >= 0.6 is 0 Å². The predicted molar refractivity (Wildman–Crippen MR) is 111 cm³/mol. The van der Waals surface area contributed by atoms with Crippen LogP contribution in [-0.4, -0.2) is 57.8 Å². The van der Waals surface area contributed by atoms with Crippen molar-refractivity contribution in [3.63, 3.8) is 0 Å². The number of alkyl halides is 3. The molecule has 1 saturated heterocycles. The van der Waals surface area contributed by atoms with Crippen molar-refractivity contribution in [2.75, 3.05) is 43.5 Å². The smallest absolute Gasteiger partial charge is 0.404 e. The standard InChI is InChI=1S/C20H22F3N3O5S/c1-14-6-7-15(12-18(14)32(28,29)26-8-10-30-11-9-26)25-19(27)13-24-16-4-2-3-5-17(16)31-20(21,22)23/h2-7,12,24H,8-11,13H2,1H3,(H,25,27). The Hall–Kier alpha value is -2.83. The highest BCUT2D eigenvalue weighted by Crippen LogP contribution is 2.30. The Kier molecular flexibility index (Phi) is 7.26. The Morgan fingerprint density at radius 1 is 1.16 bits per heavy atom. The zero-order valence-electron chi connectivity index (χ0n) is 17.1. The van der Waals surface area contributed by atoms with E-state index < -0.39 is 28.0 Å². The first-order chi connectivity index (χ1) is 15.1. The molecule has 0 saturated carbocycles. The summed E-state index contributed by atoms with van der Waals surface area (Å²) in [6.07, 6.45) is -4.87. The zero-order chi connectivity index (χ0) is 23.4. The van der Waals surface area contributed by atoms with E-state index in [1.54, 1.807) is 19.1 Å². The Morgan fingerprint density at radius 3 is 2.53 bits per heavy atom. The molecule has 2 aromatic carbocycles. The second-order valence-corrected chi connectivity index (χ2v) is 8.85. The lowest BCUT2D eigenvalue weighted by Crippen LogP contribution is -2.40. The summed E-state index contributed by atoms with van der Waals surface area (Å²) in [5, 5.41) is 5.14. The quantitative estimate of drug-likeness (QED) is 0.642. The van der Waals surface area contributed by atoms with Gasteiger partial charge in [-0.2, -0.15) is 4.31 Å². The van der Waals surface area contributed by atoms with Crippen molar-refractivity contribution >= 4 is 27.3 Å². The van der Waals surface area contributed by atoms with Crippen LogP contribution in [-0.2, 0) is 19.6 Å². The number of hydrogen-bond donors (Lipinski definition) is 2. The summed E-state index contributed by atoms with van der Waals surface area (Å²) in [6.45, 7) is 2.37. The highest BCUT2D eigenvalue weighted by molar-refractivity contribution is 7.89. The van der Waals surface area contributed by atoms with Crippen LogP contribution in [0.4, 0.5) is 24.5 Å². The van der Waals surface area contributed by atoms with E-state index in [1.807, 2.05) is 0 Å². The molecule has 12 heteroatoms. The van der Waals surface area contributed by atoms with Gasteiger partial charge in [0.25, 0.3) is 0 Å². The second kappa shape index (κ2) is 9.76. The molecule has 2 N–H and O–H groups in total. The summed E-state index contributed by atoms with van der Waals surface area (Å²) in [7, 11) is -3.77. The minimum atomic E-state index is -4.87. The average Bonchev–Trinajstić information content (AvgIpc) is 2.74. The molecule has 1 aliphatic rings. The van der Waals surface area contributed by atoms with Crippen molar-refractivity contribution in [3.05, 3.63) is 48.0 Å². The van der Waals surface area contributed by atoms with Crippen molar-refractivity contribution in [1.82, 2.24) is 4.31 Å². The van der Waals surface area contributed by atoms with Crippen molar-refractivity contribution in [2.24, 2.45) is 0 Å². The number of anilines is 2. The van der Waals surface area contributed by atoms with Crippen LogP contribution in [0.25, 0.3) is 0 Å². The number of amides is 1. The van der Waals surface area contributed by atoms with E-state index in [4.69, 9.17) is 4.74 Å². The number of aryl methyl sites for hydroxylation is 1. The molecule has 0 aliphatic carbocycles. The molecule has 1 heterocycles. The summed E-state index contributed by atoms with van der Waals surface area (Å²) in [6, 6.07) is 9.80. The van der Waals surface area contributed by atoms with Crippen LogP contribution in [0, 0.1) is 6.92 Å². The van der Waals surface area contributed by atoms with Gasteiger partial charge in [0.05, 0.1) is 30.3 Å². The maximum atomic E-state index is 12.9. The fourth-order valence-corrected chi connectivity index (χ4v) is 4.75. The highest BCUT2D eigenvalue weighted by atomic mass is 32.2. The number of rotatable bonds is 7. The molecule has 8 nitrogen and oxygen atoms in total. The number of ether oxygens (including phenoxy) is 2. The van der Waals surface area contributed by atoms with Gasteiger partial charge in [0.2, 0.25) is 15.9 Å². The third-order valence-electron chi connectivity index (χ3n) is 4.61. The molecule has 1 fully saturated rings. The Labute approximate surface area is 183 Å². The molecule has 0 unspecified atom stereocenters. The number of nitrogens with zero attached hydrogens (tertiary/aromatic N) is 1. The number of sulfonamides is 1. The molecule has 0 aromatic heterocycles. The van der Waals surface area contributed by atoms with Gasteiger partial charge in [-0.15, -0.1) is 13.2 Å². The monoisotopic (exact) mass is 473 g/mol. The minimum Gasteiger partial charge on any atom is -0.404 e. The number of nitrogens with one attached hydrogen (secondary N) is 2.